The van der Waals surface area contributed by atoms with E-state index in [1.807, 2.05) is 0 Å². The molecule has 154 valence electrons. The van der Waals surface area contributed by atoms with Crippen LogP contribution in [-0.2, 0) is 10.0 Å². The minimum atomic E-state index is -4.05. The van der Waals surface area contributed by atoms with Gasteiger partial charge in [0.15, 0.2) is 11.5 Å². The third-order valence-corrected chi connectivity index (χ3v) is 8.69. The molecule has 28 heavy (non-hydrogen) atoms. The molecule has 2 aromatic rings. The summed E-state index contributed by atoms with van der Waals surface area (Å²) in [7, 11) is -4.05. The van der Waals surface area contributed by atoms with E-state index < -0.39 is 15.2 Å². The second-order valence-electron chi connectivity index (χ2n) is 4.79. The summed E-state index contributed by atoms with van der Waals surface area (Å²) in [5.74, 6) is -0.668. The molecule has 0 aliphatic rings. The third kappa shape index (κ3) is 4.86. The lowest BCUT2D eigenvalue weighted by molar-refractivity contribution is 0.485. The molecule has 0 spiro atoms. The van der Waals surface area contributed by atoms with Crippen molar-refractivity contribution in [1.82, 2.24) is 0 Å². The first-order chi connectivity index (χ1) is 12.8. The van der Waals surface area contributed by atoms with Crippen LogP contribution in [0.15, 0.2) is 0 Å². The molecule has 0 unspecified atom stereocenters. The summed E-state index contributed by atoms with van der Waals surface area (Å²) in [6.07, 6.45) is 0. The summed E-state index contributed by atoms with van der Waals surface area (Å²) < 4.78 is 31.6. The van der Waals surface area contributed by atoms with Gasteiger partial charge in [-0.3, -0.25) is 4.72 Å². The molecular weight excluding hydrogens is 605 g/mol. The van der Waals surface area contributed by atoms with E-state index in [-0.39, 0.29) is 62.4 Å². The second kappa shape index (κ2) is 9.58. The Balaban J connectivity index is 2.80. The van der Waals surface area contributed by atoms with Crippen molar-refractivity contribution in [1.29, 1.82) is 0 Å². The summed E-state index contributed by atoms with van der Waals surface area (Å²) >= 11 is 59.9. The van der Waals surface area contributed by atoms with E-state index in [0.29, 0.717) is 0 Å². The van der Waals surface area contributed by atoms with Crippen molar-refractivity contribution in [3.63, 3.8) is 0 Å². The number of sulfonamides is 1. The number of alkyl halides is 1. The number of hydrogen-bond donors (Lipinski definition) is 1. The van der Waals surface area contributed by atoms with Crippen LogP contribution >= 0.6 is 116 Å². The highest BCUT2D eigenvalue weighted by atomic mass is 35.5. The van der Waals surface area contributed by atoms with Gasteiger partial charge in [-0.05, 0) is 0 Å². The number of anilines is 1. The molecule has 0 saturated heterocycles. The molecular formula is C13H3Cl10NO3S. The Morgan fingerprint density at radius 1 is 0.607 bits per heavy atom. The van der Waals surface area contributed by atoms with Crippen LogP contribution in [0, 0.1) is 0 Å². The van der Waals surface area contributed by atoms with E-state index in [9.17, 15) is 8.42 Å². The second-order valence-corrected chi connectivity index (χ2v) is 10.5. The van der Waals surface area contributed by atoms with Crippen molar-refractivity contribution in [3.05, 3.63) is 45.2 Å². The normalized spacial score (nSPS) is 11.6. The van der Waals surface area contributed by atoms with E-state index in [4.69, 9.17) is 121 Å². The van der Waals surface area contributed by atoms with Crippen LogP contribution in [-0.4, -0.2) is 13.6 Å². The Morgan fingerprint density at radius 3 is 1.39 bits per heavy atom. The van der Waals surface area contributed by atoms with Crippen LogP contribution in [0.5, 0.6) is 11.5 Å². The van der Waals surface area contributed by atoms with Gasteiger partial charge in [0.2, 0.25) is 10.0 Å². The van der Waals surface area contributed by atoms with Crippen molar-refractivity contribution in [2.75, 3.05) is 9.93 Å². The van der Waals surface area contributed by atoms with Crippen molar-refractivity contribution >= 4 is 132 Å². The van der Waals surface area contributed by atoms with Crippen LogP contribution in [0.4, 0.5) is 5.69 Å². The lowest BCUT2D eigenvalue weighted by Gasteiger charge is -2.20. The first kappa shape index (κ1) is 25.2. The van der Waals surface area contributed by atoms with Gasteiger partial charge >= 0.3 is 0 Å². The molecule has 0 aromatic heterocycles. The maximum atomic E-state index is 11.9. The van der Waals surface area contributed by atoms with Crippen LogP contribution in [0.2, 0.25) is 45.2 Å². The maximum Gasteiger partial charge on any atom is 0.246 e. The van der Waals surface area contributed by atoms with Crippen LogP contribution in [0.1, 0.15) is 0 Å². The molecule has 4 nitrogen and oxygen atoms in total. The fourth-order valence-corrected chi connectivity index (χ4v) is 4.66. The molecule has 0 radical (unpaired) electrons. The van der Waals surface area contributed by atoms with E-state index in [1.54, 1.807) is 0 Å². The Hall–Kier alpha value is 0.890. The Kier molecular flexibility index (Phi) is 8.60. The summed E-state index contributed by atoms with van der Waals surface area (Å²) in [5, 5.41) is -2.82. The molecule has 15 heteroatoms. The molecule has 0 aliphatic heterocycles. The monoisotopic (exact) mass is 603 g/mol. The Bertz CT molecular complexity index is 1040. The van der Waals surface area contributed by atoms with Gasteiger partial charge in [0.05, 0.1) is 30.1 Å². The fraction of sp³-hybridized carbons (Fsp3) is 0.0769. The third-order valence-electron chi connectivity index (χ3n) is 3.00. The SMILES string of the molecule is O=S(=O)(CCl)Nc1c(Cl)c(Cl)c(Cl)c(Cl)c1Oc1c(Cl)c(Cl)c(Cl)c(Cl)c1Cl. The van der Waals surface area contributed by atoms with Gasteiger partial charge in [-0.15, -0.1) is 11.6 Å². The summed E-state index contributed by atoms with van der Waals surface area (Å²) in [5.41, 5.74) is -0.365. The fourth-order valence-electron chi connectivity index (χ4n) is 1.76. The van der Waals surface area contributed by atoms with Crippen molar-refractivity contribution in [2.24, 2.45) is 0 Å². The molecule has 0 fully saturated rings. The number of benzene rings is 2. The molecule has 0 saturated carbocycles. The van der Waals surface area contributed by atoms with Crippen molar-refractivity contribution in [3.8, 4) is 11.5 Å². The van der Waals surface area contributed by atoms with E-state index in [0.717, 1.165) is 0 Å². The predicted octanol–water partition coefficient (Wildman–Crippen LogP) is 9.30. The van der Waals surface area contributed by atoms with Crippen molar-refractivity contribution in [2.45, 2.75) is 0 Å². The minimum Gasteiger partial charge on any atom is -0.450 e. The van der Waals surface area contributed by atoms with Gasteiger partial charge in [-0.25, -0.2) is 8.42 Å². The first-order valence-corrected chi connectivity index (χ1v) is 12.0. The van der Waals surface area contributed by atoms with E-state index in [2.05, 4.69) is 4.72 Å². The highest BCUT2D eigenvalue weighted by Gasteiger charge is 2.28. The Morgan fingerprint density at radius 2 is 0.964 bits per heavy atom. The quantitative estimate of drug-likeness (QED) is 0.209. The summed E-state index contributed by atoms with van der Waals surface area (Å²) in [4.78, 5) is 0. The van der Waals surface area contributed by atoms with Gasteiger partial charge in [0.1, 0.15) is 26.0 Å². The number of hydrogen-bond acceptors (Lipinski definition) is 3. The lowest BCUT2D eigenvalue weighted by Crippen LogP contribution is -2.15. The zero-order chi connectivity index (χ0) is 21.5. The van der Waals surface area contributed by atoms with Gasteiger partial charge in [-0.1, -0.05) is 104 Å². The molecule has 0 bridgehead atoms. The predicted molar refractivity (Wildman–Crippen MR) is 121 cm³/mol. The topological polar surface area (TPSA) is 55.4 Å². The molecule has 2 rings (SSSR count). The standard InChI is InChI=1S/C13H3Cl10NO3S/c14-1-28(25,26)24-11-7(20)3(16)6(19)10(23)13(11)27-12-8(21)4(17)2(15)5(18)9(12)22/h24H,1H2. The molecule has 0 atom stereocenters. The minimum absolute atomic E-state index is 0.119. The van der Waals surface area contributed by atoms with E-state index in [1.165, 1.54) is 0 Å². The molecule has 2 aromatic carbocycles. The zero-order valence-corrected chi connectivity index (χ0v) is 21.0. The smallest absolute Gasteiger partial charge is 0.246 e. The lowest BCUT2D eigenvalue weighted by atomic mass is 10.2. The molecule has 1 N–H and O–H groups in total. The average Bonchev–Trinajstić information content (AvgIpc) is 2.66. The van der Waals surface area contributed by atoms with Gasteiger partial charge in [-0.2, -0.15) is 0 Å². The average molecular weight is 608 g/mol. The Labute approximate surface area is 209 Å². The molecule has 0 amide bonds. The zero-order valence-electron chi connectivity index (χ0n) is 12.6. The summed E-state index contributed by atoms with van der Waals surface area (Å²) in [6, 6.07) is 0. The largest absolute Gasteiger partial charge is 0.450 e. The highest BCUT2D eigenvalue weighted by molar-refractivity contribution is 7.93. The number of halogens is 10. The number of ether oxygens (including phenoxy) is 1. The van der Waals surface area contributed by atoms with Gasteiger partial charge in [0, 0.05) is 0 Å². The van der Waals surface area contributed by atoms with Crippen LogP contribution < -0.4 is 9.46 Å². The number of nitrogens with one attached hydrogen (secondary N) is 1. The summed E-state index contributed by atoms with van der Waals surface area (Å²) in [6.45, 7) is 0. The van der Waals surface area contributed by atoms with Crippen LogP contribution in [0.25, 0.3) is 0 Å². The highest BCUT2D eigenvalue weighted by Crippen LogP contribution is 2.54. The molecule has 0 aliphatic carbocycles. The molecule has 0 heterocycles. The van der Waals surface area contributed by atoms with Crippen LogP contribution in [0.3, 0.4) is 0 Å². The number of rotatable bonds is 5. The maximum absolute atomic E-state index is 11.9. The van der Waals surface area contributed by atoms with Gasteiger partial charge in [0.25, 0.3) is 0 Å². The van der Waals surface area contributed by atoms with E-state index >= 15 is 0 Å². The first-order valence-electron chi connectivity index (χ1n) is 6.45. The van der Waals surface area contributed by atoms with Crippen molar-refractivity contribution < 1.29 is 13.2 Å². The van der Waals surface area contributed by atoms with Gasteiger partial charge < -0.3 is 4.74 Å².